The van der Waals surface area contributed by atoms with E-state index in [-0.39, 0.29) is 0 Å². The van der Waals surface area contributed by atoms with Gasteiger partial charge in [-0.3, -0.25) is 4.68 Å². The maximum Gasteiger partial charge on any atom is 0.144 e. The molecular weight excluding hydrogens is 226 g/mol. The molecule has 0 bridgehead atoms. The maximum atomic E-state index is 9.06. The molecule has 5 nitrogen and oxygen atoms in total. The molecule has 0 amide bonds. The van der Waals surface area contributed by atoms with Gasteiger partial charge in [0, 0.05) is 31.7 Å². The summed E-state index contributed by atoms with van der Waals surface area (Å²) in [5, 5.41) is 16.4. The number of hydrogen-bond donors (Lipinski definition) is 1. The van der Waals surface area contributed by atoms with Gasteiger partial charge in [0.25, 0.3) is 0 Å². The highest BCUT2D eigenvalue weighted by Crippen LogP contribution is 2.14. The second kappa shape index (κ2) is 5.82. The maximum absolute atomic E-state index is 9.06. The molecule has 2 aromatic heterocycles. The number of hydrogen-bond acceptors (Lipinski definition) is 4. The third-order valence-electron chi connectivity index (χ3n) is 2.69. The lowest BCUT2D eigenvalue weighted by Crippen LogP contribution is -2.09. The van der Waals surface area contributed by atoms with E-state index in [2.05, 4.69) is 21.5 Å². The van der Waals surface area contributed by atoms with Gasteiger partial charge < -0.3 is 5.32 Å². The standard InChI is InChI=1S/C13H15N5/c1-11-4-7-16-13(12(11)10-14)15-5-2-8-18-9-3-6-17-18/h3-4,6-7,9H,2,5,8H2,1H3,(H,15,16). The Morgan fingerprint density at radius 3 is 3.06 bits per heavy atom. The number of aryl methyl sites for hydroxylation is 2. The number of rotatable bonds is 5. The summed E-state index contributed by atoms with van der Waals surface area (Å²) in [6.07, 6.45) is 6.35. The Morgan fingerprint density at radius 1 is 1.44 bits per heavy atom. The second-order valence-corrected chi connectivity index (χ2v) is 4.01. The molecular formula is C13H15N5. The quantitative estimate of drug-likeness (QED) is 0.813. The minimum absolute atomic E-state index is 0.622. The largest absolute Gasteiger partial charge is 0.369 e. The van der Waals surface area contributed by atoms with Crippen LogP contribution in [0.2, 0.25) is 0 Å². The Bertz CT molecular complexity index is 539. The van der Waals surface area contributed by atoms with Gasteiger partial charge in [-0.2, -0.15) is 10.4 Å². The van der Waals surface area contributed by atoms with Crippen molar-refractivity contribution < 1.29 is 0 Å². The molecule has 0 spiro atoms. The van der Waals surface area contributed by atoms with Gasteiger partial charge in [-0.15, -0.1) is 0 Å². The molecule has 0 fully saturated rings. The van der Waals surface area contributed by atoms with Crippen molar-refractivity contribution in [1.29, 1.82) is 5.26 Å². The molecule has 2 heterocycles. The van der Waals surface area contributed by atoms with Crippen molar-refractivity contribution in [3.63, 3.8) is 0 Å². The first-order valence-corrected chi connectivity index (χ1v) is 5.88. The molecule has 0 aliphatic heterocycles. The van der Waals surface area contributed by atoms with Crippen molar-refractivity contribution in [2.45, 2.75) is 19.9 Å². The highest BCUT2D eigenvalue weighted by molar-refractivity contribution is 5.55. The van der Waals surface area contributed by atoms with Crippen LogP contribution in [-0.2, 0) is 6.54 Å². The van der Waals surface area contributed by atoms with Gasteiger partial charge in [-0.1, -0.05) is 0 Å². The molecule has 0 saturated carbocycles. The van der Waals surface area contributed by atoms with E-state index in [1.807, 2.05) is 29.9 Å². The molecule has 2 rings (SSSR count). The number of nitrogens with zero attached hydrogens (tertiary/aromatic N) is 4. The summed E-state index contributed by atoms with van der Waals surface area (Å²) < 4.78 is 1.89. The van der Waals surface area contributed by atoms with E-state index in [0.717, 1.165) is 25.1 Å². The second-order valence-electron chi connectivity index (χ2n) is 4.01. The van der Waals surface area contributed by atoms with Crippen LogP contribution in [0.25, 0.3) is 0 Å². The normalized spacial score (nSPS) is 10.0. The van der Waals surface area contributed by atoms with Gasteiger partial charge in [-0.25, -0.2) is 4.98 Å². The van der Waals surface area contributed by atoms with Crippen LogP contribution in [0.4, 0.5) is 5.82 Å². The minimum Gasteiger partial charge on any atom is -0.369 e. The lowest BCUT2D eigenvalue weighted by atomic mass is 10.1. The first kappa shape index (κ1) is 12.1. The van der Waals surface area contributed by atoms with E-state index < -0.39 is 0 Å². The van der Waals surface area contributed by atoms with E-state index >= 15 is 0 Å². The average Bonchev–Trinajstić information content (AvgIpc) is 2.88. The molecule has 0 atom stereocenters. The monoisotopic (exact) mass is 241 g/mol. The van der Waals surface area contributed by atoms with Crippen LogP contribution in [0.3, 0.4) is 0 Å². The van der Waals surface area contributed by atoms with E-state index in [1.165, 1.54) is 0 Å². The highest BCUT2D eigenvalue weighted by Gasteiger charge is 2.05. The fourth-order valence-corrected chi connectivity index (χ4v) is 1.71. The Balaban J connectivity index is 1.87. The number of aromatic nitrogens is 3. The van der Waals surface area contributed by atoms with Gasteiger partial charge in [0.05, 0.1) is 5.56 Å². The molecule has 0 aliphatic rings. The molecule has 0 radical (unpaired) electrons. The molecule has 0 unspecified atom stereocenters. The van der Waals surface area contributed by atoms with Crippen molar-refractivity contribution in [2.24, 2.45) is 0 Å². The number of anilines is 1. The van der Waals surface area contributed by atoms with Crippen molar-refractivity contribution >= 4 is 5.82 Å². The summed E-state index contributed by atoms with van der Waals surface area (Å²) in [5.74, 6) is 0.665. The van der Waals surface area contributed by atoms with Crippen molar-refractivity contribution in [2.75, 3.05) is 11.9 Å². The molecule has 5 heteroatoms. The Labute approximate surface area is 106 Å². The number of nitriles is 1. The molecule has 1 N–H and O–H groups in total. The Morgan fingerprint density at radius 2 is 2.33 bits per heavy atom. The Kier molecular flexibility index (Phi) is 3.92. The summed E-state index contributed by atoms with van der Waals surface area (Å²) in [6, 6.07) is 5.92. The molecule has 2 aromatic rings. The van der Waals surface area contributed by atoms with Crippen LogP contribution in [-0.4, -0.2) is 21.3 Å². The van der Waals surface area contributed by atoms with Crippen LogP contribution in [0.5, 0.6) is 0 Å². The van der Waals surface area contributed by atoms with Crippen LogP contribution < -0.4 is 5.32 Å². The molecule has 0 aromatic carbocycles. The topological polar surface area (TPSA) is 66.5 Å². The summed E-state index contributed by atoms with van der Waals surface area (Å²) in [4.78, 5) is 4.19. The van der Waals surface area contributed by atoms with Crippen molar-refractivity contribution in [3.05, 3.63) is 41.9 Å². The first-order valence-electron chi connectivity index (χ1n) is 5.88. The summed E-state index contributed by atoms with van der Waals surface area (Å²) >= 11 is 0. The molecule has 0 saturated heterocycles. The predicted octanol–water partition coefficient (Wildman–Crippen LogP) is 1.96. The van der Waals surface area contributed by atoms with Crippen LogP contribution >= 0.6 is 0 Å². The number of nitrogens with one attached hydrogen (secondary N) is 1. The van der Waals surface area contributed by atoms with E-state index in [4.69, 9.17) is 5.26 Å². The predicted molar refractivity (Wildman–Crippen MR) is 69.0 cm³/mol. The first-order chi connectivity index (χ1) is 8.81. The van der Waals surface area contributed by atoms with Gasteiger partial charge >= 0.3 is 0 Å². The van der Waals surface area contributed by atoms with Crippen molar-refractivity contribution in [3.8, 4) is 6.07 Å². The van der Waals surface area contributed by atoms with Gasteiger partial charge in [-0.05, 0) is 31.0 Å². The molecule has 0 aliphatic carbocycles. The smallest absolute Gasteiger partial charge is 0.144 e. The summed E-state index contributed by atoms with van der Waals surface area (Å²) in [5.41, 5.74) is 1.57. The lowest BCUT2D eigenvalue weighted by Gasteiger charge is -2.08. The summed E-state index contributed by atoms with van der Waals surface area (Å²) in [6.45, 7) is 3.54. The summed E-state index contributed by atoms with van der Waals surface area (Å²) in [7, 11) is 0. The van der Waals surface area contributed by atoms with Gasteiger partial charge in [0.2, 0.25) is 0 Å². The zero-order valence-corrected chi connectivity index (χ0v) is 10.3. The van der Waals surface area contributed by atoms with E-state index in [0.29, 0.717) is 11.4 Å². The highest BCUT2D eigenvalue weighted by atomic mass is 15.3. The zero-order valence-electron chi connectivity index (χ0n) is 10.3. The van der Waals surface area contributed by atoms with Crippen molar-refractivity contribution in [1.82, 2.24) is 14.8 Å². The third-order valence-corrected chi connectivity index (χ3v) is 2.69. The fraction of sp³-hybridized carbons (Fsp3) is 0.308. The fourth-order valence-electron chi connectivity index (χ4n) is 1.71. The van der Waals surface area contributed by atoms with Crippen LogP contribution in [0.1, 0.15) is 17.5 Å². The molecule has 92 valence electrons. The Hall–Kier alpha value is -2.35. The van der Waals surface area contributed by atoms with Crippen LogP contribution in [0.15, 0.2) is 30.7 Å². The molecule has 18 heavy (non-hydrogen) atoms. The lowest BCUT2D eigenvalue weighted by molar-refractivity contribution is 0.591. The van der Waals surface area contributed by atoms with Crippen LogP contribution in [0, 0.1) is 18.3 Å². The van der Waals surface area contributed by atoms with E-state index in [1.54, 1.807) is 12.4 Å². The van der Waals surface area contributed by atoms with Gasteiger partial charge in [0.15, 0.2) is 0 Å². The third kappa shape index (κ3) is 2.86. The minimum atomic E-state index is 0.622. The SMILES string of the molecule is Cc1ccnc(NCCCn2cccn2)c1C#N. The zero-order chi connectivity index (χ0) is 12.8. The van der Waals surface area contributed by atoms with E-state index in [9.17, 15) is 0 Å². The number of pyridine rings is 1. The van der Waals surface area contributed by atoms with Gasteiger partial charge in [0.1, 0.15) is 11.9 Å². The average molecular weight is 241 g/mol.